The molecule has 2 N–H and O–H groups in total. The molecule has 2 aliphatic rings. The largest absolute Gasteiger partial charge is 0.338 e. The quantitative estimate of drug-likeness (QED) is 0.865. The molecule has 3 atom stereocenters. The molecule has 3 nitrogen and oxygen atoms in total. The first kappa shape index (κ1) is 15.3. The predicted molar refractivity (Wildman–Crippen MR) is 78.4 cm³/mol. The Morgan fingerprint density at radius 2 is 2.10 bits per heavy atom. The second-order valence-corrected chi connectivity index (χ2v) is 5.74. The Labute approximate surface area is 124 Å². The van der Waals surface area contributed by atoms with Crippen LogP contribution in [-0.4, -0.2) is 29.9 Å². The van der Waals surface area contributed by atoms with Gasteiger partial charge in [-0.25, -0.2) is 4.39 Å². The second kappa shape index (κ2) is 6.10. The van der Waals surface area contributed by atoms with Gasteiger partial charge in [0.1, 0.15) is 5.82 Å². The van der Waals surface area contributed by atoms with E-state index in [4.69, 9.17) is 5.73 Å². The average molecular weight is 299 g/mol. The van der Waals surface area contributed by atoms with Crippen molar-refractivity contribution in [3.8, 4) is 0 Å². The number of hydrogen-bond donors (Lipinski definition) is 1. The Kier molecular flexibility index (Phi) is 4.66. The summed E-state index contributed by atoms with van der Waals surface area (Å²) in [6.07, 6.45) is 3.37. The van der Waals surface area contributed by atoms with Gasteiger partial charge in [0.25, 0.3) is 5.91 Å². The van der Waals surface area contributed by atoms with Crippen molar-refractivity contribution in [2.45, 2.75) is 25.3 Å². The van der Waals surface area contributed by atoms with Crippen molar-refractivity contribution in [1.82, 2.24) is 4.90 Å². The van der Waals surface area contributed by atoms with Crippen molar-refractivity contribution in [3.05, 3.63) is 35.6 Å². The average Bonchev–Trinajstić information content (AvgIpc) is 2.83. The second-order valence-electron chi connectivity index (χ2n) is 5.74. The first-order valence-corrected chi connectivity index (χ1v) is 6.95. The van der Waals surface area contributed by atoms with E-state index in [2.05, 4.69) is 0 Å². The van der Waals surface area contributed by atoms with Crippen LogP contribution in [0.4, 0.5) is 4.39 Å². The fraction of sp³-hybridized carbons (Fsp3) is 0.533. The van der Waals surface area contributed by atoms with Gasteiger partial charge in [-0.15, -0.1) is 12.4 Å². The van der Waals surface area contributed by atoms with Crippen molar-refractivity contribution < 1.29 is 9.18 Å². The van der Waals surface area contributed by atoms with Crippen molar-refractivity contribution in [2.75, 3.05) is 13.1 Å². The lowest BCUT2D eigenvalue weighted by Crippen LogP contribution is -2.38. The van der Waals surface area contributed by atoms with Crippen LogP contribution in [0.1, 0.15) is 29.6 Å². The summed E-state index contributed by atoms with van der Waals surface area (Å²) < 4.78 is 13.2. The van der Waals surface area contributed by atoms with Crippen LogP contribution in [0.15, 0.2) is 24.3 Å². The molecule has 1 aliphatic heterocycles. The summed E-state index contributed by atoms with van der Waals surface area (Å²) in [6, 6.07) is 6.13. The smallest absolute Gasteiger partial charge is 0.253 e. The van der Waals surface area contributed by atoms with Crippen molar-refractivity contribution >= 4 is 18.3 Å². The lowest BCUT2D eigenvalue weighted by atomic mass is 9.78. The minimum atomic E-state index is -0.362. The van der Waals surface area contributed by atoms with E-state index in [0.717, 1.165) is 32.4 Å². The van der Waals surface area contributed by atoms with E-state index < -0.39 is 0 Å². The molecule has 5 heteroatoms. The number of likely N-dealkylation sites (tertiary alicyclic amines) is 1. The Morgan fingerprint density at radius 1 is 1.30 bits per heavy atom. The minimum absolute atomic E-state index is 0. The number of amides is 1. The number of halogens is 2. The van der Waals surface area contributed by atoms with Crippen LogP contribution in [0, 0.1) is 17.7 Å². The van der Waals surface area contributed by atoms with Gasteiger partial charge in [-0.1, -0.05) is 12.5 Å². The molecule has 110 valence electrons. The van der Waals surface area contributed by atoms with E-state index in [1.807, 2.05) is 4.90 Å². The third-order valence-electron chi connectivity index (χ3n) is 4.51. The summed E-state index contributed by atoms with van der Waals surface area (Å²) in [5.74, 6) is 0.521. The topological polar surface area (TPSA) is 46.3 Å². The summed E-state index contributed by atoms with van der Waals surface area (Å²) in [5, 5.41) is 0. The number of nitrogens with zero attached hydrogens (tertiary/aromatic N) is 1. The van der Waals surface area contributed by atoms with Crippen LogP contribution in [0.2, 0.25) is 0 Å². The van der Waals surface area contributed by atoms with E-state index in [1.54, 1.807) is 12.1 Å². The molecule has 1 aliphatic carbocycles. The van der Waals surface area contributed by atoms with Crippen LogP contribution in [0.3, 0.4) is 0 Å². The molecule has 1 aromatic carbocycles. The molecule has 3 rings (SSSR count). The highest BCUT2D eigenvalue weighted by atomic mass is 35.5. The summed E-state index contributed by atoms with van der Waals surface area (Å²) in [6.45, 7) is 1.49. The Bertz CT molecular complexity index is 497. The molecule has 1 saturated heterocycles. The van der Waals surface area contributed by atoms with Gasteiger partial charge in [0.15, 0.2) is 0 Å². The molecule has 2 fully saturated rings. The number of hydrogen-bond acceptors (Lipinski definition) is 2. The standard InChI is InChI=1S/C15H19FN2O.ClH/c16-12-5-1-3-10(7-12)15(19)18-8-11-4-2-6-14(17)13(11)9-18;/h1,3,5,7,11,13-14H,2,4,6,8-9,17H2;1H. The van der Waals surface area contributed by atoms with Crippen LogP contribution in [-0.2, 0) is 0 Å². The Hall–Kier alpha value is -1.13. The zero-order valence-electron chi connectivity index (χ0n) is 11.3. The molecule has 0 radical (unpaired) electrons. The van der Waals surface area contributed by atoms with Gasteiger partial charge in [0, 0.05) is 24.7 Å². The number of carbonyl (C=O) groups excluding carboxylic acids is 1. The highest BCUT2D eigenvalue weighted by molar-refractivity contribution is 5.94. The molecule has 0 aromatic heterocycles. The number of nitrogens with two attached hydrogens (primary N) is 1. The van der Waals surface area contributed by atoms with Gasteiger partial charge in [-0.05, 0) is 42.9 Å². The van der Waals surface area contributed by atoms with Crippen molar-refractivity contribution in [3.63, 3.8) is 0 Å². The number of rotatable bonds is 1. The third kappa shape index (κ3) is 2.81. The van der Waals surface area contributed by atoms with Gasteiger partial charge in [0.05, 0.1) is 0 Å². The van der Waals surface area contributed by atoms with Crippen molar-refractivity contribution in [1.29, 1.82) is 0 Å². The van der Waals surface area contributed by atoms with Gasteiger partial charge < -0.3 is 10.6 Å². The van der Waals surface area contributed by atoms with Gasteiger partial charge >= 0.3 is 0 Å². The van der Waals surface area contributed by atoms with Crippen LogP contribution in [0.25, 0.3) is 0 Å². The van der Waals surface area contributed by atoms with E-state index in [0.29, 0.717) is 17.4 Å². The van der Waals surface area contributed by atoms with E-state index in [1.165, 1.54) is 12.1 Å². The van der Waals surface area contributed by atoms with Crippen LogP contribution in [0.5, 0.6) is 0 Å². The number of benzene rings is 1. The summed E-state index contributed by atoms with van der Waals surface area (Å²) in [5.41, 5.74) is 6.58. The fourth-order valence-electron chi connectivity index (χ4n) is 3.49. The molecule has 1 saturated carbocycles. The Balaban J connectivity index is 0.00000147. The molecular weight excluding hydrogens is 279 g/mol. The maximum Gasteiger partial charge on any atom is 0.253 e. The molecule has 1 aromatic rings. The zero-order chi connectivity index (χ0) is 13.4. The molecule has 3 unspecified atom stereocenters. The molecule has 0 spiro atoms. The third-order valence-corrected chi connectivity index (χ3v) is 4.51. The van der Waals surface area contributed by atoms with Gasteiger partial charge in [-0.2, -0.15) is 0 Å². The van der Waals surface area contributed by atoms with Crippen LogP contribution >= 0.6 is 12.4 Å². The SMILES string of the molecule is Cl.NC1CCCC2CN(C(=O)c3cccc(F)c3)CC12. The molecule has 0 bridgehead atoms. The van der Waals surface area contributed by atoms with Crippen molar-refractivity contribution in [2.24, 2.45) is 17.6 Å². The highest BCUT2D eigenvalue weighted by Gasteiger charge is 2.40. The fourth-order valence-corrected chi connectivity index (χ4v) is 3.49. The highest BCUT2D eigenvalue weighted by Crippen LogP contribution is 2.36. The van der Waals surface area contributed by atoms with Gasteiger partial charge in [-0.3, -0.25) is 4.79 Å². The maximum absolute atomic E-state index is 13.2. The van der Waals surface area contributed by atoms with E-state index in [9.17, 15) is 9.18 Å². The lowest BCUT2D eigenvalue weighted by Gasteiger charge is -2.29. The van der Waals surface area contributed by atoms with E-state index in [-0.39, 0.29) is 30.2 Å². The first-order valence-electron chi connectivity index (χ1n) is 6.95. The Morgan fingerprint density at radius 3 is 2.80 bits per heavy atom. The molecule has 20 heavy (non-hydrogen) atoms. The molecule has 1 heterocycles. The van der Waals surface area contributed by atoms with E-state index >= 15 is 0 Å². The summed E-state index contributed by atoms with van der Waals surface area (Å²) >= 11 is 0. The van der Waals surface area contributed by atoms with Crippen LogP contribution < -0.4 is 5.73 Å². The zero-order valence-corrected chi connectivity index (χ0v) is 12.1. The predicted octanol–water partition coefficient (Wildman–Crippen LogP) is 2.45. The lowest BCUT2D eigenvalue weighted by molar-refractivity contribution is 0.0783. The first-order chi connectivity index (χ1) is 9.15. The normalized spacial score (nSPS) is 28.7. The van der Waals surface area contributed by atoms with Gasteiger partial charge in [0.2, 0.25) is 0 Å². The summed E-state index contributed by atoms with van der Waals surface area (Å²) in [7, 11) is 0. The monoisotopic (exact) mass is 298 g/mol. The molecular formula is C15H20ClFN2O. The molecule has 1 amide bonds. The number of carbonyl (C=O) groups is 1. The number of fused-ring (bicyclic) bond motifs is 1. The maximum atomic E-state index is 13.2. The minimum Gasteiger partial charge on any atom is -0.338 e. The summed E-state index contributed by atoms with van der Waals surface area (Å²) in [4.78, 5) is 14.2.